The Morgan fingerprint density at radius 3 is 2.15 bits per heavy atom. The molecule has 2 nitrogen and oxygen atoms in total. The Labute approximate surface area is 80.1 Å². The number of furan rings is 1. The molecule has 0 aliphatic carbocycles. The lowest BCUT2D eigenvalue weighted by atomic mass is 10.1. The largest absolute Gasteiger partial charge is 0.465 e. The molecule has 0 atom stereocenters. The van der Waals surface area contributed by atoms with Crippen LogP contribution in [-0.4, -0.2) is 0 Å². The first-order valence-electron chi connectivity index (χ1n) is 4.88. The molecular formula is C11H19NO. The van der Waals surface area contributed by atoms with Crippen LogP contribution in [0.15, 0.2) is 10.5 Å². The van der Waals surface area contributed by atoms with Gasteiger partial charge in [0.15, 0.2) is 0 Å². The summed E-state index contributed by atoms with van der Waals surface area (Å²) in [7, 11) is 0. The van der Waals surface area contributed by atoms with E-state index in [-0.39, 0.29) is 0 Å². The fraction of sp³-hybridized carbons (Fsp3) is 0.636. The fourth-order valence-electron chi connectivity index (χ4n) is 1.40. The first kappa shape index (κ1) is 10.3. The van der Waals surface area contributed by atoms with Crippen molar-refractivity contribution in [2.24, 2.45) is 5.73 Å². The van der Waals surface area contributed by atoms with Gasteiger partial charge in [-0.1, -0.05) is 27.7 Å². The van der Waals surface area contributed by atoms with Crippen molar-refractivity contribution < 1.29 is 4.42 Å². The predicted octanol–water partition coefficient (Wildman–Crippen LogP) is 2.99. The van der Waals surface area contributed by atoms with Crippen LogP contribution in [0.25, 0.3) is 0 Å². The molecule has 0 unspecified atom stereocenters. The fourth-order valence-corrected chi connectivity index (χ4v) is 1.40. The molecule has 1 heterocycles. The highest BCUT2D eigenvalue weighted by atomic mass is 16.3. The van der Waals surface area contributed by atoms with Crippen LogP contribution in [0.1, 0.15) is 56.6 Å². The number of hydrogen-bond donors (Lipinski definition) is 1. The maximum absolute atomic E-state index is 5.75. The highest BCUT2D eigenvalue weighted by Crippen LogP contribution is 2.27. The van der Waals surface area contributed by atoms with Crippen LogP contribution in [0.5, 0.6) is 0 Å². The van der Waals surface area contributed by atoms with E-state index in [2.05, 4.69) is 33.8 Å². The second-order valence-corrected chi connectivity index (χ2v) is 4.05. The van der Waals surface area contributed by atoms with Crippen LogP contribution in [0, 0.1) is 0 Å². The number of nitrogens with two attached hydrogens (primary N) is 1. The summed E-state index contributed by atoms with van der Waals surface area (Å²) in [5, 5.41) is 0. The lowest BCUT2D eigenvalue weighted by molar-refractivity contribution is 0.429. The Balaban J connectivity index is 3.04. The molecule has 0 aromatic carbocycles. The van der Waals surface area contributed by atoms with Gasteiger partial charge in [-0.15, -0.1) is 0 Å². The molecule has 0 amide bonds. The average molecular weight is 181 g/mol. The molecule has 0 radical (unpaired) electrons. The summed E-state index contributed by atoms with van der Waals surface area (Å²) in [6.07, 6.45) is 0. The van der Waals surface area contributed by atoms with Crippen molar-refractivity contribution in [2.45, 2.75) is 46.1 Å². The Kier molecular flexibility index (Phi) is 3.15. The van der Waals surface area contributed by atoms with Crippen LogP contribution < -0.4 is 5.73 Å². The number of hydrogen-bond acceptors (Lipinski definition) is 2. The van der Waals surface area contributed by atoms with Crippen molar-refractivity contribution in [1.29, 1.82) is 0 Å². The molecule has 13 heavy (non-hydrogen) atoms. The van der Waals surface area contributed by atoms with E-state index in [0.29, 0.717) is 18.4 Å². The maximum atomic E-state index is 5.75. The monoisotopic (exact) mass is 181 g/mol. The molecule has 0 aliphatic rings. The molecule has 0 aliphatic heterocycles. The van der Waals surface area contributed by atoms with Gasteiger partial charge in [-0.05, 0) is 6.07 Å². The van der Waals surface area contributed by atoms with Gasteiger partial charge in [0.25, 0.3) is 0 Å². The van der Waals surface area contributed by atoms with Crippen LogP contribution >= 0.6 is 0 Å². The second kappa shape index (κ2) is 3.97. The van der Waals surface area contributed by atoms with Gasteiger partial charge < -0.3 is 10.2 Å². The molecule has 0 saturated carbocycles. The summed E-state index contributed by atoms with van der Waals surface area (Å²) in [5.74, 6) is 2.96. The van der Waals surface area contributed by atoms with E-state index in [4.69, 9.17) is 10.2 Å². The van der Waals surface area contributed by atoms with E-state index in [1.807, 2.05) is 0 Å². The lowest BCUT2D eigenvalue weighted by Crippen LogP contribution is -1.99. The van der Waals surface area contributed by atoms with Crippen molar-refractivity contribution in [2.75, 3.05) is 0 Å². The lowest BCUT2D eigenvalue weighted by Gasteiger charge is -2.03. The van der Waals surface area contributed by atoms with E-state index in [0.717, 1.165) is 17.1 Å². The molecule has 1 aromatic rings. The Morgan fingerprint density at radius 2 is 1.85 bits per heavy atom. The first-order chi connectivity index (χ1) is 6.06. The van der Waals surface area contributed by atoms with Crippen LogP contribution in [0.4, 0.5) is 0 Å². The average Bonchev–Trinajstić information content (AvgIpc) is 2.47. The summed E-state index contributed by atoms with van der Waals surface area (Å²) in [5.41, 5.74) is 6.79. The van der Waals surface area contributed by atoms with E-state index in [1.54, 1.807) is 0 Å². The zero-order valence-electron chi connectivity index (χ0n) is 8.92. The van der Waals surface area contributed by atoms with Crippen molar-refractivity contribution in [1.82, 2.24) is 0 Å². The van der Waals surface area contributed by atoms with Gasteiger partial charge in [-0.2, -0.15) is 0 Å². The zero-order valence-corrected chi connectivity index (χ0v) is 8.92. The van der Waals surface area contributed by atoms with E-state index in [1.165, 1.54) is 0 Å². The van der Waals surface area contributed by atoms with Crippen molar-refractivity contribution >= 4 is 0 Å². The third kappa shape index (κ3) is 2.13. The normalized spacial score (nSPS) is 11.6. The van der Waals surface area contributed by atoms with Crippen LogP contribution in [0.2, 0.25) is 0 Å². The van der Waals surface area contributed by atoms with Gasteiger partial charge in [-0.25, -0.2) is 0 Å². The summed E-state index contributed by atoms with van der Waals surface area (Å²) >= 11 is 0. The first-order valence-corrected chi connectivity index (χ1v) is 4.88. The topological polar surface area (TPSA) is 39.2 Å². The quantitative estimate of drug-likeness (QED) is 0.778. The summed E-state index contributed by atoms with van der Waals surface area (Å²) < 4.78 is 5.75. The maximum Gasteiger partial charge on any atom is 0.111 e. The smallest absolute Gasteiger partial charge is 0.111 e. The summed E-state index contributed by atoms with van der Waals surface area (Å²) in [6.45, 7) is 9.08. The molecule has 2 N–H and O–H groups in total. The molecule has 0 spiro atoms. The van der Waals surface area contributed by atoms with E-state index < -0.39 is 0 Å². The van der Waals surface area contributed by atoms with E-state index in [9.17, 15) is 0 Å². The summed E-state index contributed by atoms with van der Waals surface area (Å²) in [4.78, 5) is 0. The molecule has 74 valence electrons. The molecule has 0 fully saturated rings. The Hall–Kier alpha value is -0.760. The molecular weight excluding hydrogens is 162 g/mol. The third-order valence-electron chi connectivity index (χ3n) is 2.17. The van der Waals surface area contributed by atoms with Crippen molar-refractivity contribution in [3.8, 4) is 0 Å². The van der Waals surface area contributed by atoms with Crippen LogP contribution in [0.3, 0.4) is 0 Å². The zero-order chi connectivity index (χ0) is 10.0. The second-order valence-electron chi connectivity index (χ2n) is 4.05. The van der Waals surface area contributed by atoms with E-state index >= 15 is 0 Å². The van der Waals surface area contributed by atoms with Crippen molar-refractivity contribution in [3.05, 3.63) is 23.2 Å². The van der Waals surface area contributed by atoms with Gasteiger partial charge >= 0.3 is 0 Å². The third-order valence-corrected chi connectivity index (χ3v) is 2.17. The Bertz CT molecular complexity index is 274. The SMILES string of the molecule is CC(C)c1cc(CN)c(C(C)C)o1. The molecule has 0 bridgehead atoms. The minimum Gasteiger partial charge on any atom is -0.465 e. The van der Waals surface area contributed by atoms with Crippen molar-refractivity contribution in [3.63, 3.8) is 0 Å². The van der Waals surface area contributed by atoms with Gasteiger partial charge in [0.1, 0.15) is 11.5 Å². The molecule has 1 aromatic heterocycles. The Morgan fingerprint density at radius 1 is 1.23 bits per heavy atom. The molecule has 0 saturated heterocycles. The minimum atomic E-state index is 0.422. The van der Waals surface area contributed by atoms with Gasteiger partial charge in [0.2, 0.25) is 0 Å². The molecule has 2 heteroatoms. The molecule has 1 rings (SSSR count). The predicted molar refractivity (Wildman–Crippen MR) is 54.8 cm³/mol. The van der Waals surface area contributed by atoms with Gasteiger partial charge in [0, 0.05) is 23.9 Å². The number of rotatable bonds is 3. The minimum absolute atomic E-state index is 0.422. The highest BCUT2D eigenvalue weighted by Gasteiger charge is 2.14. The van der Waals surface area contributed by atoms with Crippen LogP contribution in [-0.2, 0) is 6.54 Å². The standard InChI is InChI=1S/C11H19NO/c1-7(2)10-5-9(6-12)11(13-10)8(3)4/h5,7-8H,6,12H2,1-4H3. The van der Waals surface area contributed by atoms with Gasteiger partial charge in [0.05, 0.1) is 0 Å². The van der Waals surface area contributed by atoms with Gasteiger partial charge in [-0.3, -0.25) is 0 Å². The highest BCUT2D eigenvalue weighted by molar-refractivity contribution is 5.25. The summed E-state index contributed by atoms with van der Waals surface area (Å²) in [6, 6.07) is 2.08.